The normalized spacial score (nSPS) is 10.5. The molecule has 0 amide bonds. The van der Waals surface area contributed by atoms with Crippen molar-refractivity contribution in [3.63, 3.8) is 0 Å². The lowest BCUT2D eigenvalue weighted by Crippen LogP contribution is -1.95. The first-order valence-electron chi connectivity index (χ1n) is 4.83. The molecule has 4 heteroatoms. The van der Waals surface area contributed by atoms with E-state index in [1.54, 1.807) is 0 Å². The quantitative estimate of drug-likeness (QED) is 0.757. The Hall–Kier alpha value is -1.48. The minimum atomic E-state index is -0.320. The van der Waals surface area contributed by atoms with Gasteiger partial charge in [0.2, 0.25) is 0 Å². The molecule has 1 aromatic heterocycles. The fourth-order valence-electron chi connectivity index (χ4n) is 1.70. The highest BCUT2D eigenvalue weighted by Crippen LogP contribution is 2.29. The third-order valence-electron chi connectivity index (χ3n) is 2.32. The first-order valence-corrected chi connectivity index (χ1v) is 5.21. The molecule has 1 heterocycles. The van der Waals surface area contributed by atoms with Crippen LogP contribution in [-0.4, -0.2) is 9.97 Å². The van der Waals surface area contributed by atoms with E-state index in [1.807, 2.05) is 19.9 Å². The SMILES string of the molecule is Cc1cc(C)c(-c2nccnc2Cl)c(F)c1. The third kappa shape index (κ3) is 1.91. The molecule has 1 aromatic carbocycles. The molecule has 2 rings (SSSR count). The molecule has 0 atom stereocenters. The van der Waals surface area contributed by atoms with Gasteiger partial charge in [-0.3, -0.25) is 4.98 Å². The number of hydrogen-bond acceptors (Lipinski definition) is 2. The van der Waals surface area contributed by atoms with Crippen LogP contribution in [0.1, 0.15) is 11.1 Å². The molecule has 0 fully saturated rings. The van der Waals surface area contributed by atoms with Crippen LogP contribution in [0.25, 0.3) is 11.3 Å². The number of aromatic nitrogens is 2. The number of nitrogens with zero attached hydrogens (tertiary/aromatic N) is 2. The van der Waals surface area contributed by atoms with Gasteiger partial charge in [0.1, 0.15) is 11.5 Å². The Morgan fingerprint density at radius 3 is 2.44 bits per heavy atom. The lowest BCUT2D eigenvalue weighted by molar-refractivity contribution is 0.628. The van der Waals surface area contributed by atoms with Gasteiger partial charge in [0.15, 0.2) is 5.15 Å². The Morgan fingerprint density at radius 1 is 1.12 bits per heavy atom. The molecule has 16 heavy (non-hydrogen) atoms. The summed E-state index contributed by atoms with van der Waals surface area (Å²) in [7, 11) is 0. The minimum absolute atomic E-state index is 0.216. The summed E-state index contributed by atoms with van der Waals surface area (Å²) in [5.74, 6) is -0.320. The average molecular weight is 237 g/mol. The van der Waals surface area contributed by atoms with Crippen molar-refractivity contribution in [3.8, 4) is 11.3 Å². The second-order valence-electron chi connectivity index (χ2n) is 3.63. The zero-order valence-electron chi connectivity index (χ0n) is 8.96. The summed E-state index contributed by atoms with van der Waals surface area (Å²) in [5, 5.41) is 0.216. The van der Waals surface area contributed by atoms with Gasteiger partial charge in [-0.1, -0.05) is 17.7 Å². The van der Waals surface area contributed by atoms with E-state index in [1.165, 1.54) is 18.5 Å². The van der Waals surface area contributed by atoms with Crippen LogP contribution in [0.4, 0.5) is 4.39 Å². The molecule has 0 aliphatic rings. The second kappa shape index (κ2) is 4.18. The van der Waals surface area contributed by atoms with E-state index in [-0.39, 0.29) is 11.0 Å². The van der Waals surface area contributed by atoms with E-state index in [0.29, 0.717) is 11.3 Å². The van der Waals surface area contributed by atoms with E-state index < -0.39 is 0 Å². The van der Waals surface area contributed by atoms with Crippen molar-refractivity contribution < 1.29 is 4.39 Å². The number of aryl methyl sites for hydroxylation is 2. The number of rotatable bonds is 1. The van der Waals surface area contributed by atoms with Crippen molar-refractivity contribution in [2.24, 2.45) is 0 Å². The van der Waals surface area contributed by atoms with Gasteiger partial charge in [-0.2, -0.15) is 0 Å². The van der Waals surface area contributed by atoms with Gasteiger partial charge >= 0.3 is 0 Å². The van der Waals surface area contributed by atoms with Crippen LogP contribution in [0.2, 0.25) is 5.15 Å². The molecule has 0 N–H and O–H groups in total. The molecule has 0 aliphatic heterocycles. The number of halogens is 2. The van der Waals surface area contributed by atoms with E-state index in [2.05, 4.69) is 9.97 Å². The van der Waals surface area contributed by atoms with Crippen LogP contribution in [0.3, 0.4) is 0 Å². The summed E-state index contributed by atoms with van der Waals surface area (Å²) < 4.78 is 13.9. The highest BCUT2D eigenvalue weighted by atomic mass is 35.5. The smallest absolute Gasteiger partial charge is 0.155 e. The van der Waals surface area contributed by atoms with Gasteiger partial charge in [-0.25, -0.2) is 9.37 Å². The molecule has 82 valence electrons. The lowest BCUT2D eigenvalue weighted by atomic mass is 10.0. The van der Waals surface area contributed by atoms with Crippen LogP contribution in [0.5, 0.6) is 0 Å². The minimum Gasteiger partial charge on any atom is -0.251 e. The maximum Gasteiger partial charge on any atom is 0.155 e. The van der Waals surface area contributed by atoms with Crippen LogP contribution in [-0.2, 0) is 0 Å². The van der Waals surface area contributed by atoms with E-state index in [9.17, 15) is 4.39 Å². The first kappa shape index (κ1) is 11.0. The highest BCUT2D eigenvalue weighted by molar-refractivity contribution is 6.31. The van der Waals surface area contributed by atoms with Crippen LogP contribution >= 0.6 is 11.6 Å². The third-order valence-corrected chi connectivity index (χ3v) is 2.60. The summed E-state index contributed by atoms with van der Waals surface area (Å²) in [6, 6.07) is 3.36. The average Bonchev–Trinajstić information content (AvgIpc) is 2.19. The standard InChI is InChI=1S/C12H10ClFN2/c1-7-5-8(2)10(9(14)6-7)11-12(13)16-4-3-15-11/h3-6H,1-2H3. The van der Waals surface area contributed by atoms with Crippen molar-refractivity contribution in [3.05, 3.63) is 46.6 Å². The van der Waals surface area contributed by atoms with Gasteiger partial charge in [0.25, 0.3) is 0 Å². The predicted molar refractivity (Wildman–Crippen MR) is 61.9 cm³/mol. The molecule has 0 saturated heterocycles. The Kier molecular flexibility index (Phi) is 2.88. The summed E-state index contributed by atoms with van der Waals surface area (Å²) in [6.07, 6.45) is 2.98. The Morgan fingerprint density at radius 2 is 1.81 bits per heavy atom. The summed E-state index contributed by atoms with van der Waals surface area (Å²) in [5.41, 5.74) is 2.49. The molecular weight excluding hydrogens is 227 g/mol. The van der Waals surface area contributed by atoms with Crippen LogP contribution in [0, 0.1) is 19.7 Å². The van der Waals surface area contributed by atoms with Crippen LogP contribution in [0.15, 0.2) is 24.5 Å². The Bertz CT molecular complexity index is 517. The van der Waals surface area contributed by atoms with Gasteiger partial charge < -0.3 is 0 Å². The van der Waals surface area contributed by atoms with E-state index in [0.717, 1.165) is 11.1 Å². The molecule has 0 unspecified atom stereocenters. The van der Waals surface area contributed by atoms with Gasteiger partial charge in [0, 0.05) is 18.0 Å². The molecule has 0 saturated carbocycles. The topological polar surface area (TPSA) is 25.8 Å². The van der Waals surface area contributed by atoms with Crippen molar-refractivity contribution in [1.82, 2.24) is 9.97 Å². The van der Waals surface area contributed by atoms with Gasteiger partial charge in [0.05, 0.1) is 0 Å². The molecule has 0 aliphatic carbocycles. The fourth-order valence-corrected chi connectivity index (χ4v) is 1.90. The number of benzene rings is 1. The van der Waals surface area contributed by atoms with Crippen molar-refractivity contribution in [1.29, 1.82) is 0 Å². The molecule has 2 aromatic rings. The van der Waals surface area contributed by atoms with Crippen LogP contribution < -0.4 is 0 Å². The number of hydrogen-bond donors (Lipinski definition) is 0. The Labute approximate surface area is 98.1 Å². The largest absolute Gasteiger partial charge is 0.251 e. The Balaban J connectivity index is 2.70. The summed E-state index contributed by atoms with van der Waals surface area (Å²) in [4.78, 5) is 7.96. The molecule has 0 bridgehead atoms. The molecule has 2 nitrogen and oxygen atoms in total. The summed E-state index contributed by atoms with van der Waals surface area (Å²) >= 11 is 5.90. The van der Waals surface area contributed by atoms with Crippen molar-refractivity contribution in [2.75, 3.05) is 0 Å². The van der Waals surface area contributed by atoms with Gasteiger partial charge in [-0.05, 0) is 31.0 Å². The highest BCUT2D eigenvalue weighted by Gasteiger charge is 2.14. The zero-order chi connectivity index (χ0) is 11.7. The summed E-state index contributed by atoms with van der Waals surface area (Å²) in [6.45, 7) is 3.68. The van der Waals surface area contributed by atoms with E-state index >= 15 is 0 Å². The van der Waals surface area contributed by atoms with Crippen molar-refractivity contribution in [2.45, 2.75) is 13.8 Å². The molecule has 0 spiro atoms. The maximum absolute atomic E-state index is 13.9. The first-order chi connectivity index (χ1) is 7.59. The zero-order valence-corrected chi connectivity index (χ0v) is 9.72. The maximum atomic E-state index is 13.9. The lowest BCUT2D eigenvalue weighted by Gasteiger charge is -2.08. The molecule has 0 radical (unpaired) electrons. The van der Waals surface area contributed by atoms with Crippen molar-refractivity contribution >= 4 is 11.6 Å². The second-order valence-corrected chi connectivity index (χ2v) is 3.99. The molecular formula is C12H10ClFN2. The van der Waals surface area contributed by atoms with E-state index in [4.69, 9.17) is 11.6 Å². The monoisotopic (exact) mass is 236 g/mol. The predicted octanol–water partition coefficient (Wildman–Crippen LogP) is 3.55. The van der Waals surface area contributed by atoms with Gasteiger partial charge in [-0.15, -0.1) is 0 Å². The fraction of sp³-hybridized carbons (Fsp3) is 0.167.